The number of rotatable bonds is 6. The third-order valence-corrected chi connectivity index (χ3v) is 3.74. The quantitative estimate of drug-likeness (QED) is 0.337. The molecule has 0 amide bonds. The van der Waals surface area contributed by atoms with Crippen LogP contribution >= 0.6 is 0 Å². The van der Waals surface area contributed by atoms with Gasteiger partial charge in [-0.3, -0.25) is 4.79 Å². The van der Waals surface area contributed by atoms with Gasteiger partial charge in [-0.15, -0.1) is 0 Å². The molecule has 0 N–H and O–H groups in total. The fourth-order valence-electron chi connectivity index (χ4n) is 2.23. The standard InChI is InChI=1S/C21H18FNO3/c1-14(2)16-8-6-15(7-9-16)10-18(12-23)21(25)26-13-20(24)17-4-3-5-19(22)11-17/h3-11,14H,13H2,1-2H3/b18-10+. The summed E-state index contributed by atoms with van der Waals surface area (Å²) in [4.78, 5) is 23.9. The zero-order chi connectivity index (χ0) is 19.1. The van der Waals surface area contributed by atoms with Crippen molar-refractivity contribution in [2.75, 3.05) is 6.61 Å². The number of carbonyl (C=O) groups excluding carboxylic acids is 2. The Hall–Kier alpha value is -3.26. The molecular weight excluding hydrogens is 333 g/mol. The van der Waals surface area contributed by atoms with Gasteiger partial charge >= 0.3 is 5.97 Å². The van der Waals surface area contributed by atoms with Crippen molar-refractivity contribution < 1.29 is 18.7 Å². The first kappa shape index (κ1) is 19.1. The average molecular weight is 351 g/mol. The van der Waals surface area contributed by atoms with E-state index in [4.69, 9.17) is 10.00 Å². The zero-order valence-electron chi connectivity index (χ0n) is 14.5. The zero-order valence-corrected chi connectivity index (χ0v) is 14.5. The van der Waals surface area contributed by atoms with Crippen molar-refractivity contribution in [3.8, 4) is 6.07 Å². The summed E-state index contributed by atoms with van der Waals surface area (Å²) in [6.07, 6.45) is 1.40. The first-order valence-corrected chi connectivity index (χ1v) is 8.08. The summed E-state index contributed by atoms with van der Waals surface area (Å²) in [5.74, 6) is -1.62. The molecule has 2 aromatic rings. The Morgan fingerprint density at radius 2 is 1.88 bits per heavy atom. The lowest BCUT2D eigenvalue weighted by Crippen LogP contribution is -2.15. The molecule has 0 heterocycles. The van der Waals surface area contributed by atoms with Crippen molar-refractivity contribution in [3.05, 3.63) is 76.6 Å². The number of hydrogen-bond donors (Lipinski definition) is 0. The third-order valence-electron chi connectivity index (χ3n) is 3.74. The second-order valence-corrected chi connectivity index (χ2v) is 6.00. The molecule has 0 saturated heterocycles. The second-order valence-electron chi connectivity index (χ2n) is 6.00. The molecule has 4 nitrogen and oxygen atoms in total. The van der Waals surface area contributed by atoms with E-state index in [1.165, 1.54) is 24.3 Å². The number of benzene rings is 2. The Bertz CT molecular complexity index is 877. The van der Waals surface area contributed by atoms with Crippen LogP contribution in [-0.2, 0) is 9.53 Å². The Morgan fingerprint density at radius 3 is 2.46 bits per heavy atom. The first-order chi connectivity index (χ1) is 12.4. The van der Waals surface area contributed by atoms with E-state index in [0.29, 0.717) is 11.5 Å². The predicted octanol–water partition coefficient (Wildman–Crippen LogP) is 4.28. The van der Waals surface area contributed by atoms with Crippen LogP contribution in [0.4, 0.5) is 4.39 Å². The van der Waals surface area contributed by atoms with Gasteiger partial charge in [0.1, 0.15) is 17.5 Å². The molecule has 0 spiro atoms. The van der Waals surface area contributed by atoms with E-state index < -0.39 is 24.2 Å². The summed E-state index contributed by atoms with van der Waals surface area (Å²) in [6.45, 7) is 3.57. The van der Waals surface area contributed by atoms with Crippen LogP contribution in [-0.4, -0.2) is 18.4 Å². The fourth-order valence-corrected chi connectivity index (χ4v) is 2.23. The SMILES string of the molecule is CC(C)c1ccc(/C=C(\C#N)C(=O)OCC(=O)c2cccc(F)c2)cc1. The lowest BCUT2D eigenvalue weighted by atomic mass is 10.0. The number of nitriles is 1. The lowest BCUT2D eigenvalue weighted by molar-refractivity contribution is -0.137. The molecule has 0 aromatic heterocycles. The Balaban J connectivity index is 2.04. The molecule has 0 aliphatic carbocycles. The van der Waals surface area contributed by atoms with E-state index in [-0.39, 0.29) is 11.1 Å². The minimum atomic E-state index is -0.898. The van der Waals surface area contributed by atoms with Gasteiger partial charge in [-0.1, -0.05) is 50.2 Å². The monoisotopic (exact) mass is 351 g/mol. The molecule has 0 fully saturated rings. The van der Waals surface area contributed by atoms with Gasteiger partial charge in [-0.25, -0.2) is 9.18 Å². The summed E-state index contributed by atoms with van der Waals surface area (Å²) in [5.41, 5.74) is 1.71. The van der Waals surface area contributed by atoms with Crippen LogP contribution < -0.4 is 0 Å². The van der Waals surface area contributed by atoms with Gasteiger partial charge in [0, 0.05) is 5.56 Å². The number of hydrogen-bond acceptors (Lipinski definition) is 4. The molecule has 0 saturated carbocycles. The molecule has 2 aromatic carbocycles. The van der Waals surface area contributed by atoms with E-state index in [2.05, 4.69) is 13.8 Å². The molecule has 26 heavy (non-hydrogen) atoms. The van der Waals surface area contributed by atoms with Crippen molar-refractivity contribution in [2.45, 2.75) is 19.8 Å². The molecule has 0 unspecified atom stereocenters. The summed E-state index contributed by atoms with van der Waals surface area (Å²) < 4.78 is 18.0. The van der Waals surface area contributed by atoms with Gasteiger partial charge in [0.15, 0.2) is 12.4 Å². The van der Waals surface area contributed by atoms with Gasteiger partial charge in [-0.05, 0) is 35.3 Å². The molecule has 0 atom stereocenters. The number of carbonyl (C=O) groups is 2. The van der Waals surface area contributed by atoms with Gasteiger partial charge in [-0.2, -0.15) is 5.26 Å². The maximum absolute atomic E-state index is 13.1. The van der Waals surface area contributed by atoms with Crippen LogP contribution in [0.15, 0.2) is 54.1 Å². The molecule has 0 aliphatic heterocycles. The highest BCUT2D eigenvalue weighted by atomic mass is 19.1. The number of ketones is 1. The number of esters is 1. The van der Waals surface area contributed by atoms with Crippen molar-refractivity contribution in [1.82, 2.24) is 0 Å². The fraction of sp³-hybridized carbons (Fsp3) is 0.190. The molecule has 0 radical (unpaired) electrons. The van der Waals surface area contributed by atoms with Crippen molar-refractivity contribution in [3.63, 3.8) is 0 Å². The van der Waals surface area contributed by atoms with Gasteiger partial charge in [0.05, 0.1) is 0 Å². The van der Waals surface area contributed by atoms with Gasteiger partial charge < -0.3 is 4.74 Å². The minimum absolute atomic E-state index is 0.101. The van der Waals surface area contributed by atoms with Gasteiger partial charge in [0.25, 0.3) is 0 Å². The van der Waals surface area contributed by atoms with Crippen LogP contribution in [0.25, 0.3) is 6.08 Å². The average Bonchev–Trinajstić information content (AvgIpc) is 2.64. The summed E-state index contributed by atoms with van der Waals surface area (Å²) in [6, 6.07) is 14.3. The number of halogens is 1. The molecule has 132 valence electrons. The van der Waals surface area contributed by atoms with Crippen LogP contribution in [0.1, 0.15) is 41.3 Å². The van der Waals surface area contributed by atoms with Crippen LogP contribution in [0.3, 0.4) is 0 Å². The van der Waals surface area contributed by atoms with Crippen LogP contribution in [0.2, 0.25) is 0 Å². The van der Waals surface area contributed by atoms with E-state index in [1.807, 2.05) is 12.1 Å². The number of ether oxygens (including phenoxy) is 1. The summed E-state index contributed by atoms with van der Waals surface area (Å²) in [5, 5.41) is 9.17. The van der Waals surface area contributed by atoms with E-state index >= 15 is 0 Å². The molecular formula is C21H18FNO3. The summed E-state index contributed by atoms with van der Waals surface area (Å²) in [7, 11) is 0. The normalized spacial score (nSPS) is 11.1. The van der Waals surface area contributed by atoms with Crippen molar-refractivity contribution in [1.29, 1.82) is 5.26 Å². The topological polar surface area (TPSA) is 67.2 Å². The molecule has 0 aliphatic rings. The highest BCUT2D eigenvalue weighted by Crippen LogP contribution is 2.16. The van der Waals surface area contributed by atoms with Crippen molar-refractivity contribution in [2.24, 2.45) is 0 Å². The maximum Gasteiger partial charge on any atom is 0.349 e. The largest absolute Gasteiger partial charge is 0.453 e. The van der Waals surface area contributed by atoms with Crippen LogP contribution in [0.5, 0.6) is 0 Å². The summed E-state index contributed by atoms with van der Waals surface area (Å²) >= 11 is 0. The second kappa shape index (κ2) is 8.72. The molecule has 2 rings (SSSR count). The first-order valence-electron chi connectivity index (χ1n) is 8.08. The number of nitrogens with zero attached hydrogens (tertiary/aromatic N) is 1. The minimum Gasteiger partial charge on any atom is -0.453 e. The predicted molar refractivity (Wildman–Crippen MR) is 95.8 cm³/mol. The highest BCUT2D eigenvalue weighted by Gasteiger charge is 2.14. The Morgan fingerprint density at radius 1 is 1.19 bits per heavy atom. The maximum atomic E-state index is 13.1. The smallest absolute Gasteiger partial charge is 0.349 e. The molecule has 5 heteroatoms. The van der Waals surface area contributed by atoms with Crippen LogP contribution in [0, 0.1) is 17.1 Å². The lowest BCUT2D eigenvalue weighted by Gasteiger charge is -2.06. The Kier molecular flexibility index (Phi) is 6.40. The third kappa shape index (κ3) is 5.12. The van der Waals surface area contributed by atoms with E-state index in [0.717, 1.165) is 11.6 Å². The van der Waals surface area contributed by atoms with Gasteiger partial charge in [0.2, 0.25) is 0 Å². The van der Waals surface area contributed by atoms with E-state index in [9.17, 15) is 14.0 Å². The molecule has 0 bridgehead atoms. The Labute approximate surface area is 151 Å². The van der Waals surface area contributed by atoms with E-state index in [1.54, 1.807) is 18.2 Å². The highest BCUT2D eigenvalue weighted by molar-refractivity contribution is 6.01. The number of Topliss-reactive ketones (excluding diaryl/α,β-unsaturated/α-hetero) is 1. The van der Waals surface area contributed by atoms with Crippen molar-refractivity contribution >= 4 is 17.8 Å².